The summed E-state index contributed by atoms with van der Waals surface area (Å²) in [6.07, 6.45) is 0. The Morgan fingerprint density at radius 3 is 2.74 bits per heavy atom. The summed E-state index contributed by atoms with van der Waals surface area (Å²) in [5.41, 5.74) is 3.09. The minimum absolute atomic E-state index is 0.0918. The Labute approximate surface area is 164 Å². The molecule has 140 valence electrons. The number of ether oxygens (including phenoxy) is 1. The number of anilines is 1. The summed E-state index contributed by atoms with van der Waals surface area (Å²) in [5, 5.41) is 7.01. The number of aryl methyl sites for hydroxylation is 2. The minimum atomic E-state index is -0.871. The van der Waals surface area contributed by atoms with Crippen molar-refractivity contribution in [3.63, 3.8) is 0 Å². The molecule has 27 heavy (non-hydrogen) atoms. The molecule has 2 heterocycles. The monoisotopic (exact) mass is 381 g/mol. The van der Waals surface area contributed by atoms with Crippen LogP contribution >= 0.6 is 12.2 Å². The van der Waals surface area contributed by atoms with E-state index in [1.807, 2.05) is 69.1 Å². The van der Waals surface area contributed by atoms with Crippen molar-refractivity contribution >= 4 is 28.9 Å². The molecule has 5 nitrogen and oxygen atoms in total. The van der Waals surface area contributed by atoms with E-state index in [0.717, 1.165) is 28.1 Å². The van der Waals surface area contributed by atoms with Gasteiger partial charge in [-0.15, -0.1) is 0 Å². The molecule has 1 fully saturated rings. The first-order valence-electron chi connectivity index (χ1n) is 9.01. The van der Waals surface area contributed by atoms with Crippen LogP contribution in [0.3, 0.4) is 0 Å². The number of rotatable bonds is 2. The van der Waals surface area contributed by atoms with Crippen molar-refractivity contribution in [2.24, 2.45) is 5.92 Å². The van der Waals surface area contributed by atoms with Gasteiger partial charge in [-0.3, -0.25) is 4.79 Å². The third kappa shape index (κ3) is 2.75. The van der Waals surface area contributed by atoms with Crippen LogP contribution in [-0.2, 0) is 4.79 Å². The fraction of sp³-hybridized carbons (Fsp3) is 0.333. The van der Waals surface area contributed by atoms with Crippen LogP contribution in [0.1, 0.15) is 29.7 Å². The molecular formula is C21H23N3O2S. The van der Waals surface area contributed by atoms with Crippen molar-refractivity contribution in [2.45, 2.75) is 32.5 Å². The fourth-order valence-electron chi connectivity index (χ4n) is 4.03. The predicted octanol–water partition coefficient (Wildman–Crippen LogP) is 3.53. The second kappa shape index (κ2) is 6.23. The highest BCUT2D eigenvalue weighted by molar-refractivity contribution is 7.80. The Morgan fingerprint density at radius 2 is 2.00 bits per heavy atom. The number of para-hydroxylation sites is 1. The van der Waals surface area contributed by atoms with Crippen LogP contribution in [0, 0.1) is 19.8 Å². The fourth-order valence-corrected chi connectivity index (χ4v) is 4.34. The Bertz CT molecular complexity index is 945. The second-order valence-corrected chi connectivity index (χ2v) is 7.85. The van der Waals surface area contributed by atoms with E-state index in [9.17, 15) is 4.79 Å². The van der Waals surface area contributed by atoms with Gasteiger partial charge in [0.2, 0.25) is 5.91 Å². The number of hydrogen-bond acceptors (Lipinski definition) is 3. The molecule has 2 N–H and O–H groups in total. The molecule has 1 amide bonds. The zero-order chi connectivity index (χ0) is 19.3. The zero-order valence-electron chi connectivity index (χ0n) is 15.9. The number of fused-ring (bicyclic) bond motifs is 4. The number of nitrogens with one attached hydrogen (secondary N) is 2. The number of carbonyl (C=O) groups is 1. The average Bonchev–Trinajstić information content (AvgIpc) is 2.62. The highest BCUT2D eigenvalue weighted by Gasteiger charge is 2.57. The summed E-state index contributed by atoms with van der Waals surface area (Å²) in [6, 6.07) is 13.6. The van der Waals surface area contributed by atoms with Gasteiger partial charge in [0.25, 0.3) is 0 Å². The first-order chi connectivity index (χ1) is 12.8. The first-order valence-corrected chi connectivity index (χ1v) is 9.42. The molecule has 0 aliphatic carbocycles. The topological polar surface area (TPSA) is 53.6 Å². The molecule has 3 atom stereocenters. The number of carbonyl (C=O) groups excluding carboxylic acids is 1. The number of benzene rings is 2. The lowest BCUT2D eigenvalue weighted by atomic mass is 9.79. The third-order valence-corrected chi connectivity index (χ3v) is 6.04. The van der Waals surface area contributed by atoms with Gasteiger partial charge in [0, 0.05) is 18.3 Å². The van der Waals surface area contributed by atoms with Gasteiger partial charge in [0.05, 0.1) is 6.04 Å². The van der Waals surface area contributed by atoms with Gasteiger partial charge in [-0.25, -0.2) is 0 Å². The molecule has 0 spiro atoms. The van der Waals surface area contributed by atoms with Crippen molar-refractivity contribution in [3.05, 3.63) is 59.2 Å². The summed E-state index contributed by atoms with van der Waals surface area (Å²) < 4.78 is 6.33. The van der Waals surface area contributed by atoms with Crippen LogP contribution in [-0.4, -0.2) is 28.7 Å². The Morgan fingerprint density at radius 1 is 1.26 bits per heavy atom. The summed E-state index contributed by atoms with van der Waals surface area (Å²) in [7, 11) is 1.86. The van der Waals surface area contributed by atoms with Crippen molar-refractivity contribution < 1.29 is 9.53 Å². The molecule has 3 unspecified atom stereocenters. The Balaban J connectivity index is 1.74. The molecule has 2 aromatic carbocycles. The van der Waals surface area contributed by atoms with Crippen LogP contribution in [0.4, 0.5) is 5.69 Å². The maximum atomic E-state index is 13.4. The van der Waals surface area contributed by atoms with E-state index < -0.39 is 11.6 Å². The lowest BCUT2D eigenvalue weighted by Gasteiger charge is -2.55. The molecule has 6 heteroatoms. The van der Waals surface area contributed by atoms with E-state index >= 15 is 0 Å². The molecule has 2 bridgehead atoms. The molecule has 2 aliphatic rings. The maximum Gasteiger partial charge on any atom is 0.236 e. The van der Waals surface area contributed by atoms with Crippen LogP contribution in [0.15, 0.2) is 42.5 Å². The molecule has 0 radical (unpaired) electrons. The van der Waals surface area contributed by atoms with Gasteiger partial charge in [0.15, 0.2) is 10.8 Å². The van der Waals surface area contributed by atoms with E-state index in [1.165, 1.54) is 0 Å². The standard InChI is InChI=1S/C21H23N3O2S/c1-12-9-10-15(13(2)11-12)22-19(25)17-18-14-7-5-6-8-16(14)26-21(17,3)24(4)20(27)23-18/h5-11,17-18H,1-4H3,(H,22,25)(H,23,27). The van der Waals surface area contributed by atoms with Gasteiger partial charge in [-0.05, 0) is 50.7 Å². The van der Waals surface area contributed by atoms with Gasteiger partial charge in [0.1, 0.15) is 11.7 Å². The summed E-state index contributed by atoms with van der Waals surface area (Å²) in [6.45, 7) is 5.96. The number of hydrogen-bond donors (Lipinski definition) is 2. The zero-order valence-corrected chi connectivity index (χ0v) is 16.7. The van der Waals surface area contributed by atoms with Crippen LogP contribution in [0.5, 0.6) is 5.75 Å². The highest BCUT2D eigenvalue weighted by atomic mass is 32.1. The Hall–Kier alpha value is -2.60. The lowest BCUT2D eigenvalue weighted by Crippen LogP contribution is -2.70. The summed E-state index contributed by atoms with van der Waals surface area (Å²) in [4.78, 5) is 15.2. The smallest absolute Gasteiger partial charge is 0.236 e. The Kier molecular flexibility index (Phi) is 4.11. The lowest BCUT2D eigenvalue weighted by molar-refractivity contribution is -0.146. The van der Waals surface area contributed by atoms with Gasteiger partial charge in [-0.2, -0.15) is 0 Å². The first kappa shape index (κ1) is 17.8. The predicted molar refractivity (Wildman–Crippen MR) is 110 cm³/mol. The average molecular weight is 382 g/mol. The van der Waals surface area contributed by atoms with E-state index in [0.29, 0.717) is 5.11 Å². The molecule has 0 aromatic heterocycles. The molecule has 0 saturated carbocycles. The number of amides is 1. The number of thiocarbonyl (C=S) groups is 1. The van der Waals surface area contributed by atoms with Crippen LogP contribution in [0.2, 0.25) is 0 Å². The third-order valence-electron chi connectivity index (χ3n) is 5.65. The second-order valence-electron chi connectivity index (χ2n) is 7.47. The molecule has 1 saturated heterocycles. The molecular weight excluding hydrogens is 358 g/mol. The molecule has 4 rings (SSSR count). The van der Waals surface area contributed by atoms with Crippen molar-refractivity contribution in [2.75, 3.05) is 12.4 Å². The van der Waals surface area contributed by atoms with Crippen molar-refractivity contribution in [1.29, 1.82) is 0 Å². The molecule has 2 aliphatic heterocycles. The van der Waals surface area contributed by atoms with Crippen LogP contribution in [0.25, 0.3) is 0 Å². The van der Waals surface area contributed by atoms with Gasteiger partial charge in [-0.1, -0.05) is 35.9 Å². The van der Waals surface area contributed by atoms with Crippen molar-refractivity contribution in [3.8, 4) is 5.75 Å². The minimum Gasteiger partial charge on any atom is -0.467 e. The number of nitrogens with zero attached hydrogens (tertiary/aromatic N) is 1. The van der Waals surface area contributed by atoms with E-state index in [-0.39, 0.29) is 11.9 Å². The van der Waals surface area contributed by atoms with Gasteiger partial charge < -0.3 is 20.3 Å². The maximum absolute atomic E-state index is 13.4. The molecule has 2 aromatic rings. The highest BCUT2D eigenvalue weighted by Crippen LogP contribution is 2.47. The van der Waals surface area contributed by atoms with E-state index in [1.54, 1.807) is 0 Å². The quantitative estimate of drug-likeness (QED) is 0.780. The van der Waals surface area contributed by atoms with Crippen LogP contribution < -0.4 is 15.4 Å². The van der Waals surface area contributed by atoms with Gasteiger partial charge >= 0.3 is 0 Å². The SMILES string of the molecule is Cc1ccc(NC(=O)C2C3NC(=S)N(C)C2(C)Oc2ccccc23)c(C)c1. The van der Waals surface area contributed by atoms with E-state index in [4.69, 9.17) is 17.0 Å². The van der Waals surface area contributed by atoms with E-state index in [2.05, 4.69) is 16.7 Å². The summed E-state index contributed by atoms with van der Waals surface area (Å²) >= 11 is 5.49. The van der Waals surface area contributed by atoms with Crippen molar-refractivity contribution in [1.82, 2.24) is 10.2 Å². The normalized spacial score (nSPS) is 25.9. The largest absolute Gasteiger partial charge is 0.467 e. The summed E-state index contributed by atoms with van der Waals surface area (Å²) in [5.74, 6) is 0.220.